The van der Waals surface area contributed by atoms with Gasteiger partial charge in [-0.3, -0.25) is 4.98 Å². The minimum absolute atomic E-state index is 0.0889. The fraction of sp³-hybridized carbons (Fsp3) is 0.0714. The van der Waals surface area contributed by atoms with Crippen molar-refractivity contribution in [1.82, 2.24) is 15.1 Å². The van der Waals surface area contributed by atoms with Gasteiger partial charge < -0.3 is 9.63 Å². The smallest absolute Gasteiger partial charge is 0.261 e. The standard InChI is InChI=1S/C14H10FN3O2/c15-10-1-2-12(19)11(8-10)14-17-13(18-20-14)7-9-3-5-16-6-4-9/h1-6,8,19H,7H2. The van der Waals surface area contributed by atoms with Gasteiger partial charge in [0.15, 0.2) is 5.82 Å². The van der Waals surface area contributed by atoms with Crippen molar-refractivity contribution in [1.29, 1.82) is 0 Å². The van der Waals surface area contributed by atoms with Gasteiger partial charge in [-0.05, 0) is 35.9 Å². The van der Waals surface area contributed by atoms with Gasteiger partial charge in [0.1, 0.15) is 11.6 Å². The Labute approximate surface area is 113 Å². The molecule has 0 aliphatic carbocycles. The lowest BCUT2D eigenvalue weighted by Gasteiger charge is -1.98. The van der Waals surface area contributed by atoms with E-state index < -0.39 is 5.82 Å². The molecule has 0 fully saturated rings. The number of phenolic OH excluding ortho intramolecular Hbond substituents is 1. The molecule has 3 aromatic rings. The highest BCUT2D eigenvalue weighted by Gasteiger charge is 2.14. The maximum Gasteiger partial charge on any atom is 0.261 e. The van der Waals surface area contributed by atoms with Gasteiger partial charge in [0.25, 0.3) is 5.89 Å². The average Bonchev–Trinajstić information content (AvgIpc) is 2.91. The van der Waals surface area contributed by atoms with E-state index >= 15 is 0 Å². The lowest BCUT2D eigenvalue weighted by atomic mass is 10.2. The zero-order chi connectivity index (χ0) is 13.9. The third-order valence-electron chi connectivity index (χ3n) is 2.77. The van der Waals surface area contributed by atoms with Crippen molar-refractivity contribution in [3.05, 3.63) is 59.9 Å². The van der Waals surface area contributed by atoms with Crippen LogP contribution in [0.15, 0.2) is 47.2 Å². The van der Waals surface area contributed by atoms with Gasteiger partial charge in [0.2, 0.25) is 0 Å². The van der Waals surface area contributed by atoms with Gasteiger partial charge in [-0.15, -0.1) is 0 Å². The largest absolute Gasteiger partial charge is 0.507 e. The van der Waals surface area contributed by atoms with Crippen LogP contribution in [0.5, 0.6) is 5.75 Å². The van der Waals surface area contributed by atoms with E-state index in [0.29, 0.717) is 12.2 Å². The molecule has 0 saturated carbocycles. The van der Waals surface area contributed by atoms with Crippen molar-refractivity contribution < 1.29 is 14.0 Å². The van der Waals surface area contributed by atoms with Crippen LogP contribution in [0.1, 0.15) is 11.4 Å². The van der Waals surface area contributed by atoms with Crippen LogP contribution < -0.4 is 0 Å². The van der Waals surface area contributed by atoms with Crippen molar-refractivity contribution in [3.8, 4) is 17.2 Å². The van der Waals surface area contributed by atoms with Crippen LogP contribution in [0.25, 0.3) is 11.5 Å². The zero-order valence-electron chi connectivity index (χ0n) is 10.3. The van der Waals surface area contributed by atoms with Crippen LogP contribution in [-0.4, -0.2) is 20.2 Å². The summed E-state index contributed by atoms with van der Waals surface area (Å²) in [4.78, 5) is 8.07. The molecule has 2 heterocycles. The summed E-state index contributed by atoms with van der Waals surface area (Å²) in [5.41, 5.74) is 1.16. The van der Waals surface area contributed by atoms with Crippen LogP contribution in [0, 0.1) is 5.82 Å². The first-order valence-electron chi connectivity index (χ1n) is 5.93. The summed E-state index contributed by atoms with van der Waals surface area (Å²) in [5, 5.41) is 13.5. The van der Waals surface area contributed by atoms with Crippen LogP contribution in [-0.2, 0) is 6.42 Å². The average molecular weight is 271 g/mol. The minimum Gasteiger partial charge on any atom is -0.507 e. The van der Waals surface area contributed by atoms with Crippen molar-refractivity contribution in [2.24, 2.45) is 0 Å². The number of rotatable bonds is 3. The van der Waals surface area contributed by atoms with Crippen LogP contribution in [0.2, 0.25) is 0 Å². The Morgan fingerprint density at radius 3 is 2.75 bits per heavy atom. The monoisotopic (exact) mass is 271 g/mol. The Morgan fingerprint density at radius 2 is 1.95 bits per heavy atom. The molecule has 20 heavy (non-hydrogen) atoms. The quantitative estimate of drug-likeness (QED) is 0.792. The summed E-state index contributed by atoms with van der Waals surface area (Å²) in [5.74, 6) is -0.0434. The molecule has 1 N–H and O–H groups in total. The number of aromatic nitrogens is 3. The first-order chi connectivity index (χ1) is 9.72. The van der Waals surface area contributed by atoms with E-state index in [-0.39, 0.29) is 17.2 Å². The summed E-state index contributed by atoms with van der Waals surface area (Å²) in [6, 6.07) is 7.24. The second kappa shape index (κ2) is 5.08. The van der Waals surface area contributed by atoms with E-state index in [0.717, 1.165) is 17.7 Å². The Kier molecular flexibility index (Phi) is 3.12. The summed E-state index contributed by atoms with van der Waals surface area (Å²) in [6.07, 6.45) is 3.82. The molecule has 6 heteroatoms. The molecule has 0 radical (unpaired) electrons. The molecule has 0 amide bonds. The fourth-order valence-corrected chi connectivity index (χ4v) is 1.80. The Hall–Kier alpha value is -2.76. The maximum absolute atomic E-state index is 13.2. The van der Waals surface area contributed by atoms with Gasteiger partial charge in [-0.25, -0.2) is 4.39 Å². The Balaban J connectivity index is 1.88. The maximum atomic E-state index is 13.2. The number of hydrogen-bond donors (Lipinski definition) is 1. The molecule has 0 aliphatic rings. The molecule has 0 atom stereocenters. The summed E-state index contributed by atoms with van der Waals surface area (Å²) in [6.45, 7) is 0. The number of benzene rings is 1. The molecule has 1 aromatic carbocycles. The van der Waals surface area contributed by atoms with Crippen molar-refractivity contribution in [2.75, 3.05) is 0 Å². The van der Waals surface area contributed by atoms with E-state index in [9.17, 15) is 9.50 Å². The Bertz CT molecular complexity index is 728. The lowest BCUT2D eigenvalue weighted by molar-refractivity contribution is 0.418. The van der Waals surface area contributed by atoms with E-state index in [2.05, 4.69) is 15.1 Å². The predicted octanol–water partition coefficient (Wildman–Crippen LogP) is 2.57. The van der Waals surface area contributed by atoms with Crippen molar-refractivity contribution >= 4 is 0 Å². The molecule has 2 aromatic heterocycles. The molecule has 0 bridgehead atoms. The number of phenols is 1. The number of hydrogen-bond acceptors (Lipinski definition) is 5. The molecule has 3 rings (SSSR count). The molecule has 0 spiro atoms. The summed E-state index contributed by atoms with van der Waals surface area (Å²) in [7, 11) is 0. The van der Waals surface area contributed by atoms with E-state index in [4.69, 9.17) is 4.52 Å². The summed E-state index contributed by atoms with van der Waals surface area (Å²) < 4.78 is 18.2. The molecular weight excluding hydrogens is 261 g/mol. The van der Waals surface area contributed by atoms with Crippen LogP contribution in [0.3, 0.4) is 0 Å². The molecular formula is C14H10FN3O2. The second-order valence-electron chi connectivity index (χ2n) is 4.21. The highest BCUT2D eigenvalue weighted by atomic mass is 19.1. The second-order valence-corrected chi connectivity index (χ2v) is 4.21. The Morgan fingerprint density at radius 1 is 1.15 bits per heavy atom. The number of nitrogens with zero attached hydrogens (tertiary/aromatic N) is 3. The topological polar surface area (TPSA) is 72.0 Å². The highest BCUT2D eigenvalue weighted by molar-refractivity contribution is 5.61. The predicted molar refractivity (Wildman–Crippen MR) is 68.4 cm³/mol. The highest BCUT2D eigenvalue weighted by Crippen LogP contribution is 2.28. The summed E-state index contributed by atoms with van der Waals surface area (Å²) >= 11 is 0. The number of pyridine rings is 1. The molecule has 0 saturated heterocycles. The van der Waals surface area contributed by atoms with Gasteiger partial charge in [-0.1, -0.05) is 5.16 Å². The third-order valence-corrected chi connectivity index (χ3v) is 2.77. The van der Waals surface area contributed by atoms with Gasteiger partial charge in [-0.2, -0.15) is 4.98 Å². The number of aromatic hydroxyl groups is 1. The van der Waals surface area contributed by atoms with E-state index in [1.54, 1.807) is 12.4 Å². The number of halogens is 1. The molecule has 5 nitrogen and oxygen atoms in total. The van der Waals surface area contributed by atoms with Crippen molar-refractivity contribution in [3.63, 3.8) is 0 Å². The lowest BCUT2D eigenvalue weighted by Crippen LogP contribution is -1.91. The van der Waals surface area contributed by atoms with Crippen LogP contribution in [0.4, 0.5) is 4.39 Å². The molecule has 0 aliphatic heterocycles. The van der Waals surface area contributed by atoms with Gasteiger partial charge in [0, 0.05) is 18.8 Å². The molecule has 0 unspecified atom stereocenters. The van der Waals surface area contributed by atoms with E-state index in [1.165, 1.54) is 6.07 Å². The molecule has 100 valence electrons. The fourth-order valence-electron chi connectivity index (χ4n) is 1.80. The first kappa shape index (κ1) is 12.3. The van der Waals surface area contributed by atoms with Crippen molar-refractivity contribution in [2.45, 2.75) is 6.42 Å². The first-order valence-corrected chi connectivity index (χ1v) is 5.93. The normalized spacial score (nSPS) is 10.7. The zero-order valence-corrected chi connectivity index (χ0v) is 10.3. The minimum atomic E-state index is -0.480. The van der Waals surface area contributed by atoms with Gasteiger partial charge in [0.05, 0.1) is 5.56 Å². The van der Waals surface area contributed by atoms with Crippen LogP contribution >= 0.6 is 0 Å². The van der Waals surface area contributed by atoms with Gasteiger partial charge >= 0.3 is 0 Å². The van der Waals surface area contributed by atoms with E-state index in [1.807, 2.05) is 12.1 Å². The SMILES string of the molecule is Oc1ccc(F)cc1-c1nc(Cc2ccncc2)no1. The third kappa shape index (κ3) is 2.49.